The highest BCUT2D eigenvalue weighted by Gasteiger charge is 2.25. The third-order valence-electron chi connectivity index (χ3n) is 3.64. The van der Waals surface area contributed by atoms with Gasteiger partial charge in [0.15, 0.2) is 0 Å². The number of carbonyl (C=O) groups is 1. The van der Waals surface area contributed by atoms with Gasteiger partial charge in [0.2, 0.25) is 5.78 Å². The lowest BCUT2D eigenvalue weighted by molar-refractivity contribution is -0.920. The first-order valence-electron chi connectivity index (χ1n) is 6.31. The van der Waals surface area contributed by atoms with Gasteiger partial charge < -0.3 is 4.90 Å². The Kier molecular flexibility index (Phi) is 4.35. The Bertz CT molecular complexity index is 405. The van der Waals surface area contributed by atoms with Gasteiger partial charge in [0, 0.05) is 10.0 Å². The number of halogens is 1. The summed E-state index contributed by atoms with van der Waals surface area (Å²) in [6.07, 6.45) is 3.81. The van der Waals surface area contributed by atoms with Crippen LogP contribution < -0.4 is 4.90 Å². The highest BCUT2D eigenvalue weighted by molar-refractivity contribution is 9.10. The van der Waals surface area contributed by atoms with Crippen molar-refractivity contribution in [3.05, 3.63) is 34.3 Å². The third kappa shape index (κ3) is 3.17. The second-order valence-electron chi connectivity index (χ2n) is 4.88. The molecule has 1 aromatic carbocycles. The summed E-state index contributed by atoms with van der Waals surface area (Å²) in [4.78, 5) is 13.7. The van der Waals surface area contributed by atoms with E-state index in [2.05, 4.69) is 22.9 Å². The molecular weight excluding hydrogens is 278 g/mol. The molecule has 1 unspecified atom stereocenters. The van der Waals surface area contributed by atoms with Gasteiger partial charge in [-0.2, -0.15) is 0 Å². The minimum absolute atomic E-state index is 0.251. The first kappa shape index (κ1) is 12.8. The molecule has 2 nitrogen and oxygen atoms in total. The number of nitrogens with one attached hydrogen (secondary N) is 1. The van der Waals surface area contributed by atoms with Crippen molar-refractivity contribution in [2.45, 2.75) is 32.2 Å². The first-order chi connectivity index (χ1) is 8.18. The molecule has 0 saturated carbocycles. The molecule has 92 valence electrons. The van der Waals surface area contributed by atoms with Crippen LogP contribution >= 0.6 is 15.9 Å². The lowest BCUT2D eigenvalue weighted by atomic mass is 10.0. The molecule has 0 bridgehead atoms. The van der Waals surface area contributed by atoms with Gasteiger partial charge in [0.05, 0.1) is 12.6 Å². The normalized spacial score (nSPS) is 24.6. The standard InChI is InChI=1S/C14H18BrNO/c1-11-6-4-5-9-16(11)10-14(17)12-7-2-3-8-13(12)15/h2-3,7-8,11H,4-6,9-10H2,1H3/p+1/t11-/m1/s1. The first-order valence-corrected chi connectivity index (χ1v) is 7.10. The van der Waals surface area contributed by atoms with Gasteiger partial charge in [-0.1, -0.05) is 34.1 Å². The maximum Gasteiger partial charge on any atom is 0.217 e. The van der Waals surface area contributed by atoms with E-state index in [9.17, 15) is 4.79 Å². The summed E-state index contributed by atoms with van der Waals surface area (Å²) in [5.74, 6) is 0.251. The van der Waals surface area contributed by atoms with Crippen molar-refractivity contribution in [2.24, 2.45) is 0 Å². The highest BCUT2D eigenvalue weighted by Crippen LogP contribution is 2.15. The highest BCUT2D eigenvalue weighted by atomic mass is 79.9. The van der Waals surface area contributed by atoms with Crippen molar-refractivity contribution < 1.29 is 9.69 Å². The van der Waals surface area contributed by atoms with E-state index < -0.39 is 0 Å². The minimum atomic E-state index is 0.251. The van der Waals surface area contributed by atoms with Crippen LogP contribution in [0.5, 0.6) is 0 Å². The average Bonchev–Trinajstić information content (AvgIpc) is 2.32. The van der Waals surface area contributed by atoms with Crippen LogP contribution in [0.3, 0.4) is 0 Å². The van der Waals surface area contributed by atoms with Crippen molar-refractivity contribution >= 4 is 21.7 Å². The topological polar surface area (TPSA) is 21.5 Å². The largest absolute Gasteiger partial charge is 0.326 e. The van der Waals surface area contributed by atoms with Crippen LogP contribution in [-0.4, -0.2) is 24.9 Å². The van der Waals surface area contributed by atoms with Crippen LogP contribution in [0.2, 0.25) is 0 Å². The number of Topliss-reactive ketones (excluding diaryl/α,β-unsaturated/α-hetero) is 1. The summed E-state index contributed by atoms with van der Waals surface area (Å²) in [5, 5.41) is 0. The van der Waals surface area contributed by atoms with E-state index in [1.54, 1.807) is 0 Å². The molecule has 17 heavy (non-hydrogen) atoms. The van der Waals surface area contributed by atoms with E-state index in [-0.39, 0.29) is 5.78 Å². The van der Waals surface area contributed by atoms with Gasteiger partial charge in [-0.05, 0) is 32.3 Å². The van der Waals surface area contributed by atoms with Crippen LogP contribution in [0.25, 0.3) is 0 Å². The van der Waals surface area contributed by atoms with E-state index in [0.717, 1.165) is 16.6 Å². The van der Waals surface area contributed by atoms with E-state index in [1.165, 1.54) is 24.2 Å². The molecule has 2 atom stereocenters. The van der Waals surface area contributed by atoms with Gasteiger partial charge in [0.25, 0.3) is 0 Å². The Morgan fingerprint density at radius 3 is 2.88 bits per heavy atom. The number of hydrogen-bond acceptors (Lipinski definition) is 1. The predicted molar refractivity (Wildman–Crippen MR) is 72.5 cm³/mol. The molecule has 0 radical (unpaired) electrons. The molecule has 1 N–H and O–H groups in total. The Hall–Kier alpha value is -0.670. The van der Waals surface area contributed by atoms with E-state index in [4.69, 9.17) is 0 Å². The fourth-order valence-corrected chi connectivity index (χ4v) is 3.01. The van der Waals surface area contributed by atoms with Crippen molar-refractivity contribution in [3.63, 3.8) is 0 Å². The van der Waals surface area contributed by atoms with Crippen molar-refractivity contribution in [1.29, 1.82) is 0 Å². The molecule has 0 amide bonds. The lowest BCUT2D eigenvalue weighted by Crippen LogP contribution is -3.16. The number of piperidine rings is 1. The van der Waals surface area contributed by atoms with Crippen molar-refractivity contribution in [3.8, 4) is 0 Å². The van der Waals surface area contributed by atoms with E-state index in [0.29, 0.717) is 12.6 Å². The molecule has 0 spiro atoms. The molecule has 1 saturated heterocycles. The molecule has 2 rings (SSSR count). The number of benzene rings is 1. The zero-order valence-electron chi connectivity index (χ0n) is 10.2. The number of quaternary nitrogens is 1. The SMILES string of the molecule is C[C@@H]1CCCC[NH+]1CC(=O)c1ccccc1Br. The quantitative estimate of drug-likeness (QED) is 0.848. The number of ketones is 1. The van der Waals surface area contributed by atoms with Crippen LogP contribution in [-0.2, 0) is 0 Å². The molecule has 1 fully saturated rings. The summed E-state index contributed by atoms with van der Waals surface area (Å²) >= 11 is 3.45. The molecule has 1 heterocycles. The fourth-order valence-electron chi connectivity index (χ4n) is 2.50. The second kappa shape index (κ2) is 5.78. The van der Waals surface area contributed by atoms with Gasteiger partial charge in [-0.15, -0.1) is 0 Å². The Balaban J connectivity index is 2.04. The van der Waals surface area contributed by atoms with Gasteiger partial charge in [0.1, 0.15) is 6.54 Å². The molecule has 1 aliphatic rings. The van der Waals surface area contributed by atoms with E-state index in [1.807, 2.05) is 24.3 Å². The maximum atomic E-state index is 12.2. The number of likely N-dealkylation sites (tertiary alicyclic amines) is 1. The van der Waals surface area contributed by atoms with Crippen LogP contribution in [0, 0.1) is 0 Å². The van der Waals surface area contributed by atoms with Crippen LogP contribution in [0.1, 0.15) is 36.5 Å². The maximum absolute atomic E-state index is 12.2. The summed E-state index contributed by atoms with van der Waals surface area (Å²) < 4.78 is 0.911. The lowest BCUT2D eigenvalue weighted by Gasteiger charge is -2.29. The molecule has 1 aliphatic heterocycles. The Labute approximate surface area is 111 Å². The monoisotopic (exact) mass is 296 g/mol. The second-order valence-corrected chi connectivity index (χ2v) is 5.74. The number of hydrogen-bond donors (Lipinski definition) is 1. The molecule has 3 heteroatoms. The predicted octanol–water partition coefficient (Wildman–Crippen LogP) is 2.09. The van der Waals surface area contributed by atoms with Crippen LogP contribution in [0.4, 0.5) is 0 Å². The zero-order valence-corrected chi connectivity index (χ0v) is 11.8. The van der Waals surface area contributed by atoms with Crippen molar-refractivity contribution in [1.82, 2.24) is 0 Å². The molecule has 0 aromatic heterocycles. The average molecular weight is 297 g/mol. The van der Waals surface area contributed by atoms with Crippen LogP contribution in [0.15, 0.2) is 28.7 Å². The van der Waals surface area contributed by atoms with E-state index >= 15 is 0 Å². The molecular formula is C14H19BrNO+. The van der Waals surface area contributed by atoms with Gasteiger partial charge >= 0.3 is 0 Å². The summed E-state index contributed by atoms with van der Waals surface area (Å²) in [5.41, 5.74) is 0.817. The fraction of sp³-hybridized carbons (Fsp3) is 0.500. The Morgan fingerprint density at radius 2 is 2.18 bits per heavy atom. The Morgan fingerprint density at radius 1 is 1.41 bits per heavy atom. The molecule has 1 aromatic rings. The van der Waals surface area contributed by atoms with Crippen molar-refractivity contribution in [2.75, 3.05) is 13.1 Å². The number of carbonyl (C=O) groups excluding carboxylic acids is 1. The van der Waals surface area contributed by atoms with Gasteiger partial charge in [-0.3, -0.25) is 4.79 Å². The van der Waals surface area contributed by atoms with Gasteiger partial charge in [-0.25, -0.2) is 0 Å². The summed E-state index contributed by atoms with van der Waals surface area (Å²) in [6.45, 7) is 4.02. The minimum Gasteiger partial charge on any atom is -0.326 e. The smallest absolute Gasteiger partial charge is 0.217 e. The summed E-state index contributed by atoms with van der Waals surface area (Å²) in [7, 11) is 0. The number of rotatable bonds is 3. The zero-order chi connectivity index (χ0) is 12.3. The summed E-state index contributed by atoms with van der Waals surface area (Å²) in [6, 6.07) is 8.32. The molecule has 0 aliphatic carbocycles. The third-order valence-corrected chi connectivity index (χ3v) is 4.34.